The summed E-state index contributed by atoms with van der Waals surface area (Å²) in [7, 11) is 0. The van der Waals surface area contributed by atoms with Gasteiger partial charge < -0.3 is 25.3 Å². The van der Waals surface area contributed by atoms with E-state index < -0.39 is 52.5 Å². The first kappa shape index (κ1) is 32.6. The predicted octanol–water partition coefficient (Wildman–Crippen LogP) is 4.74. The van der Waals surface area contributed by atoms with Gasteiger partial charge in [-0.1, -0.05) is 75.4 Å². The highest BCUT2D eigenvalue weighted by atomic mass is 19.1. The third-order valence-corrected chi connectivity index (χ3v) is 8.21. The number of hydrogen-bond donors (Lipinski definition) is 4. The van der Waals surface area contributed by atoms with Crippen LogP contribution in [0.1, 0.15) is 57.7 Å². The maximum absolute atomic E-state index is 14.8. The fourth-order valence-electron chi connectivity index (χ4n) is 5.52. The molecule has 0 radical (unpaired) electrons. The Morgan fingerprint density at radius 3 is 2.25 bits per heavy atom. The van der Waals surface area contributed by atoms with Gasteiger partial charge in [-0.15, -0.1) is 0 Å². The number of nitrogens with two attached hydrogens (primary N) is 1. The molecule has 1 unspecified atom stereocenters. The largest absolute Gasteiger partial charge is 0.454 e. The predicted molar refractivity (Wildman–Crippen MR) is 162 cm³/mol. The molecule has 0 heterocycles. The Kier molecular flexibility index (Phi) is 10.1. The molecule has 234 valence electrons. The molecular weight excluding hydrogens is 565 g/mol. The molecule has 0 bridgehead atoms. The molecular formula is C34H40FN3O6. The third kappa shape index (κ3) is 7.43. The number of carbonyl (C=O) groups is 3. The first-order valence-corrected chi connectivity index (χ1v) is 14.6. The molecule has 0 spiro atoms. The second-order valence-corrected chi connectivity index (χ2v) is 12.4. The fraction of sp³-hybridized carbons (Fsp3) is 0.382. The zero-order chi connectivity index (χ0) is 32.1. The Balaban J connectivity index is 1.47. The summed E-state index contributed by atoms with van der Waals surface area (Å²) in [6, 6.07) is 21.6. The monoisotopic (exact) mass is 605 g/mol. The van der Waals surface area contributed by atoms with E-state index >= 15 is 0 Å². The molecule has 0 aliphatic heterocycles. The van der Waals surface area contributed by atoms with E-state index in [0.29, 0.717) is 24.2 Å². The van der Waals surface area contributed by atoms with Crippen molar-refractivity contribution in [2.75, 3.05) is 0 Å². The van der Waals surface area contributed by atoms with E-state index in [2.05, 4.69) is 15.5 Å². The normalized spacial score (nSPS) is 19.7. The standard InChI is InChI=1S/C34H40FN3O6/c1-21(23-11-7-5-8-12-23)37-30(40)28(33(2,3)4)38-32(42)34(29(39)31(41)44-36)20-24(34)17-15-22-16-18-27(26(35)19-22)43-25-13-9-6-10-14-25/h5-14,16,18-19,21,24,28-29,39H,15,17,20,36H2,1-4H3,(H,37,40)(H,38,42)/t21-,24-,28-,29-,34?/m1/s1. The Bertz CT molecular complexity index is 1460. The van der Waals surface area contributed by atoms with Gasteiger partial charge in [-0.05, 0) is 72.9 Å². The number of hydrogen-bond acceptors (Lipinski definition) is 7. The fourth-order valence-corrected chi connectivity index (χ4v) is 5.52. The summed E-state index contributed by atoms with van der Waals surface area (Å²) in [5.74, 6) is 2.45. The van der Waals surface area contributed by atoms with E-state index in [1.165, 1.54) is 12.1 Å². The van der Waals surface area contributed by atoms with Crippen LogP contribution in [0.25, 0.3) is 0 Å². The molecule has 1 aliphatic carbocycles. The summed E-state index contributed by atoms with van der Waals surface area (Å²) < 4.78 is 20.4. The summed E-state index contributed by atoms with van der Waals surface area (Å²) in [6.07, 6.45) is -0.962. The number of para-hydroxylation sites is 1. The molecule has 0 aromatic heterocycles. The average molecular weight is 606 g/mol. The van der Waals surface area contributed by atoms with Crippen molar-refractivity contribution in [3.63, 3.8) is 0 Å². The number of benzene rings is 3. The van der Waals surface area contributed by atoms with Crippen molar-refractivity contribution < 1.29 is 33.5 Å². The van der Waals surface area contributed by atoms with Crippen molar-refractivity contribution in [1.29, 1.82) is 0 Å². The van der Waals surface area contributed by atoms with Crippen molar-refractivity contribution >= 4 is 17.8 Å². The van der Waals surface area contributed by atoms with E-state index in [1.54, 1.807) is 30.3 Å². The first-order chi connectivity index (χ1) is 20.9. The van der Waals surface area contributed by atoms with E-state index in [1.807, 2.05) is 64.1 Å². The lowest BCUT2D eigenvalue weighted by Crippen LogP contribution is -2.57. The van der Waals surface area contributed by atoms with Gasteiger partial charge in [0, 0.05) is 0 Å². The zero-order valence-corrected chi connectivity index (χ0v) is 25.4. The van der Waals surface area contributed by atoms with Crippen molar-refractivity contribution in [3.8, 4) is 11.5 Å². The van der Waals surface area contributed by atoms with Crippen molar-refractivity contribution in [1.82, 2.24) is 10.6 Å². The lowest BCUT2D eigenvalue weighted by Gasteiger charge is -2.33. The van der Waals surface area contributed by atoms with Crippen molar-refractivity contribution in [3.05, 3.63) is 95.8 Å². The van der Waals surface area contributed by atoms with Crippen LogP contribution in [0.3, 0.4) is 0 Å². The zero-order valence-electron chi connectivity index (χ0n) is 25.4. The number of ether oxygens (including phenoxy) is 1. The van der Waals surface area contributed by atoms with Gasteiger partial charge in [0.15, 0.2) is 17.7 Å². The minimum atomic E-state index is -1.84. The Morgan fingerprint density at radius 1 is 1.02 bits per heavy atom. The Labute approximate surface area is 256 Å². The number of rotatable bonds is 12. The summed E-state index contributed by atoms with van der Waals surface area (Å²) >= 11 is 0. The van der Waals surface area contributed by atoms with Crippen LogP contribution in [0.2, 0.25) is 0 Å². The van der Waals surface area contributed by atoms with Crippen molar-refractivity contribution in [2.24, 2.45) is 22.6 Å². The molecule has 44 heavy (non-hydrogen) atoms. The average Bonchev–Trinajstić information content (AvgIpc) is 3.75. The van der Waals surface area contributed by atoms with Gasteiger partial charge in [0.2, 0.25) is 11.8 Å². The summed E-state index contributed by atoms with van der Waals surface area (Å²) in [6.45, 7) is 7.28. The van der Waals surface area contributed by atoms with Crippen LogP contribution in [0.15, 0.2) is 78.9 Å². The summed E-state index contributed by atoms with van der Waals surface area (Å²) in [5, 5.41) is 16.7. The minimum absolute atomic E-state index is 0.0780. The lowest BCUT2D eigenvalue weighted by atomic mass is 9.84. The van der Waals surface area contributed by atoms with Gasteiger partial charge in [-0.25, -0.2) is 9.18 Å². The third-order valence-electron chi connectivity index (χ3n) is 8.21. The van der Waals surface area contributed by atoms with Crippen LogP contribution in [0.5, 0.6) is 11.5 Å². The molecule has 5 atom stereocenters. The van der Waals surface area contributed by atoms with Gasteiger partial charge in [-0.2, -0.15) is 5.90 Å². The van der Waals surface area contributed by atoms with Gasteiger partial charge in [-0.3, -0.25) is 9.59 Å². The summed E-state index contributed by atoms with van der Waals surface area (Å²) in [5.41, 5.74) is -0.708. The molecule has 1 fully saturated rings. The highest BCUT2D eigenvalue weighted by Crippen LogP contribution is 2.58. The maximum atomic E-state index is 14.8. The molecule has 2 amide bonds. The Hall–Kier alpha value is -4.28. The minimum Gasteiger partial charge on any atom is -0.454 e. The molecule has 4 rings (SSSR count). The summed E-state index contributed by atoms with van der Waals surface area (Å²) in [4.78, 5) is 43.9. The number of aryl methyl sites for hydroxylation is 1. The lowest BCUT2D eigenvalue weighted by molar-refractivity contribution is -0.162. The number of carbonyl (C=O) groups excluding carboxylic acids is 3. The van der Waals surface area contributed by atoms with Gasteiger partial charge in [0.1, 0.15) is 11.8 Å². The van der Waals surface area contributed by atoms with Crippen LogP contribution < -0.4 is 21.3 Å². The highest BCUT2D eigenvalue weighted by Gasteiger charge is 2.66. The molecule has 1 aliphatic rings. The molecule has 9 nitrogen and oxygen atoms in total. The van der Waals surface area contributed by atoms with Crippen LogP contribution >= 0.6 is 0 Å². The van der Waals surface area contributed by atoms with Gasteiger partial charge in [0.25, 0.3) is 0 Å². The first-order valence-electron chi connectivity index (χ1n) is 14.6. The molecule has 10 heteroatoms. The Morgan fingerprint density at radius 2 is 1.66 bits per heavy atom. The van der Waals surface area contributed by atoms with E-state index in [0.717, 1.165) is 5.56 Å². The van der Waals surface area contributed by atoms with Gasteiger partial charge >= 0.3 is 5.97 Å². The second kappa shape index (κ2) is 13.6. The maximum Gasteiger partial charge on any atom is 0.354 e. The number of halogens is 1. The van der Waals surface area contributed by atoms with E-state index in [4.69, 9.17) is 10.6 Å². The SMILES string of the molecule is C[C@@H](NC(=O)[C@@H](NC(=O)C1([C@H](O)C(=O)ON)C[C@H]1CCc1ccc(Oc2ccccc2)c(F)c1)C(C)(C)C)c1ccccc1. The highest BCUT2D eigenvalue weighted by molar-refractivity contribution is 5.96. The van der Waals surface area contributed by atoms with Crippen LogP contribution in [-0.4, -0.2) is 35.0 Å². The van der Waals surface area contributed by atoms with Crippen LogP contribution in [0.4, 0.5) is 4.39 Å². The topological polar surface area (TPSA) is 140 Å². The van der Waals surface area contributed by atoms with Crippen LogP contribution in [0, 0.1) is 22.6 Å². The van der Waals surface area contributed by atoms with Crippen LogP contribution in [-0.2, 0) is 25.6 Å². The molecule has 3 aromatic carbocycles. The van der Waals surface area contributed by atoms with E-state index in [-0.39, 0.29) is 18.2 Å². The molecule has 1 saturated carbocycles. The van der Waals surface area contributed by atoms with Crippen molar-refractivity contribution in [2.45, 2.75) is 65.1 Å². The van der Waals surface area contributed by atoms with E-state index in [9.17, 15) is 23.9 Å². The number of nitrogens with one attached hydrogen (secondary N) is 2. The quantitative estimate of drug-likeness (QED) is 0.219. The molecule has 0 saturated heterocycles. The molecule has 5 N–H and O–H groups in total. The number of aliphatic hydroxyl groups is 1. The smallest absolute Gasteiger partial charge is 0.354 e. The number of amides is 2. The number of aliphatic hydroxyl groups excluding tert-OH is 1. The molecule has 3 aromatic rings. The van der Waals surface area contributed by atoms with Gasteiger partial charge in [0.05, 0.1) is 11.5 Å². The second-order valence-electron chi connectivity index (χ2n) is 12.4.